The second kappa shape index (κ2) is 35.8. The summed E-state index contributed by atoms with van der Waals surface area (Å²) in [6.07, 6.45) is -19.4. The lowest BCUT2D eigenvalue weighted by Crippen LogP contribution is -2.65. The summed E-state index contributed by atoms with van der Waals surface area (Å²) >= 11 is 2.53. The Bertz CT molecular complexity index is 3280. The first-order chi connectivity index (χ1) is 45.3. The summed E-state index contributed by atoms with van der Waals surface area (Å²) in [7, 11) is 0.256. The van der Waals surface area contributed by atoms with Crippen molar-refractivity contribution in [2.24, 2.45) is 28.9 Å². The number of nitrogens with two attached hydrogens (primary N) is 5. The number of rotatable bonds is 35. The number of carbonyl (C=O) groups excluding carboxylic acids is 8. The van der Waals surface area contributed by atoms with E-state index < -0.39 is 183 Å². The van der Waals surface area contributed by atoms with Gasteiger partial charge in [-0.25, -0.2) is 29.7 Å². The summed E-state index contributed by atoms with van der Waals surface area (Å²) in [5.74, 6) is -7.55. The average molecular weight is 1420 g/mol. The largest absolute Gasteiger partial charge is 0.441 e. The van der Waals surface area contributed by atoms with Crippen molar-refractivity contribution in [1.82, 2.24) is 61.8 Å². The summed E-state index contributed by atoms with van der Waals surface area (Å²) in [6, 6.07) is -7.74. The van der Waals surface area contributed by atoms with Gasteiger partial charge in [-0.1, -0.05) is 6.92 Å². The van der Waals surface area contributed by atoms with Gasteiger partial charge in [-0.3, -0.25) is 33.6 Å². The molecule has 6 rings (SSSR count). The number of nitrogens with zero attached hydrogens (tertiary/aromatic N) is 5. The zero-order chi connectivity index (χ0) is 71.0. The van der Waals surface area contributed by atoms with Crippen LogP contribution in [0.3, 0.4) is 0 Å². The number of aromatic nitrogens is 6. The predicted molar refractivity (Wildman–Crippen MR) is 339 cm³/mol. The van der Waals surface area contributed by atoms with Crippen molar-refractivity contribution in [3.8, 4) is 10.7 Å². The van der Waals surface area contributed by atoms with E-state index in [1.807, 2.05) is 0 Å². The molecule has 19 atom stereocenters. The highest BCUT2D eigenvalue weighted by Crippen LogP contribution is 2.34. The number of amides is 8. The van der Waals surface area contributed by atoms with Gasteiger partial charge in [0.1, 0.15) is 100 Å². The Hall–Kier alpha value is -7.30. The minimum atomic E-state index is -2.27. The fourth-order valence-corrected chi connectivity index (χ4v) is 12.2. The van der Waals surface area contributed by atoms with Gasteiger partial charge in [0.15, 0.2) is 18.7 Å². The summed E-state index contributed by atoms with van der Waals surface area (Å²) in [6.45, 7) is 3.24. The van der Waals surface area contributed by atoms with Crippen LogP contribution in [0.2, 0.25) is 0 Å². The van der Waals surface area contributed by atoms with Gasteiger partial charge in [0, 0.05) is 55.2 Å². The molecule has 4 aromatic heterocycles. The molecular weight excluding hydrogens is 1330 g/mol. The number of carbonyl (C=O) groups is 8. The van der Waals surface area contributed by atoms with Crippen LogP contribution < -0.4 is 60.6 Å². The Labute approximate surface area is 559 Å². The second-order valence-corrected chi connectivity index (χ2v) is 27.0. The molecule has 2 aliphatic heterocycles. The first kappa shape index (κ1) is 77.7. The maximum Gasteiger partial charge on any atom is 0.404 e. The number of nitrogen functional groups attached to an aromatic ring is 1. The molecule has 0 aromatic carbocycles. The van der Waals surface area contributed by atoms with Crippen molar-refractivity contribution in [2.75, 3.05) is 56.8 Å². The van der Waals surface area contributed by atoms with Gasteiger partial charge in [0.05, 0.1) is 85.2 Å². The number of ether oxygens (including phenoxy) is 5. The number of H-pyrrole nitrogens is 1. The first-order valence-corrected chi connectivity index (χ1v) is 33.8. The molecule has 41 heteroatoms. The van der Waals surface area contributed by atoms with E-state index in [4.69, 9.17) is 52.4 Å². The molecule has 2 aliphatic rings. The highest BCUT2D eigenvalue weighted by Gasteiger charge is 2.53. The number of anilines is 1. The van der Waals surface area contributed by atoms with Crippen molar-refractivity contribution in [1.29, 1.82) is 0 Å². The maximum atomic E-state index is 15.0. The molecule has 0 bridgehead atoms. The number of aliphatic hydroxyl groups is 8. The Balaban J connectivity index is 1.22. The van der Waals surface area contributed by atoms with Crippen LogP contribution in [0.15, 0.2) is 23.3 Å². The number of aromatic amines is 1. The van der Waals surface area contributed by atoms with E-state index >= 15 is 4.79 Å². The molecule has 4 aromatic rings. The quantitative estimate of drug-likeness (QED) is 0.0150. The van der Waals surface area contributed by atoms with Gasteiger partial charge in [0.2, 0.25) is 29.5 Å². The van der Waals surface area contributed by atoms with Crippen molar-refractivity contribution >= 4 is 86.8 Å². The average Bonchev–Trinajstić information content (AvgIpc) is 0.842. The van der Waals surface area contributed by atoms with Crippen LogP contribution in [0, 0.1) is 12.8 Å². The standard InChI is InChI=1S/C55H83N17O21S3/c1-20-33(69-46(72-44(20)58)25(12-31(57)76)64-13-24(56)45(59)82)50(86)71-35(41(26-14-61-19-65-26)91-53-39(80)38(79)42(30(16-74)90-53)92-54-40(81)43(93-55(60)88)37(78)29(15-73)89-54)51(87)66-22(3)36(77)21(2)47(83)70-34(23(4)75)49(85)63-10-8-32-67-28(18-94-32)52-68-27(17-95-52)48(84)62-9-7-11-96(5)6/h14,17-19,21-25,29-30,34-43,53-54,64,73-75,77-81H,7-13,15-16,56H2,1-6H3,(H13-,57,58,59,60,61,62,63,65,66,69,70,71,72,76,82,83,84,85,86,87,88)/p+1. The smallest absolute Gasteiger partial charge is 0.404 e. The van der Waals surface area contributed by atoms with E-state index in [9.17, 15) is 74.4 Å². The normalized spacial score (nSPS) is 24.0. The fraction of sp³-hybridized carbons (Fsp3) is 0.618. The fourth-order valence-electron chi connectivity index (χ4n) is 9.82. The number of primary amides is 3. The van der Waals surface area contributed by atoms with E-state index in [0.717, 1.165) is 24.7 Å². The van der Waals surface area contributed by atoms with Gasteiger partial charge >= 0.3 is 6.09 Å². The highest BCUT2D eigenvalue weighted by atomic mass is 32.2. The Morgan fingerprint density at radius 2 is 1.48 bits per heavy atom. The zero-order valence-electron chi connectivity index (χ0n) is 52.9. The molecule has 0 spiro atoms. The summed E-state index contributed by atoms with van der Waals surface area (Å²) in [5.41, 5.74) is 28.0. The van der Waals surface area contributed by atoms with E-state index in [2.05, 4.69) is 74.3 Å². The van der Waals surface area contributed by atoms with E-state index in [1.54, 1.807) is 10.8 Å². The molecule has 8 amide bonds. The molecule has 25 N–H and O–H groups in total. The van der Waals surface area contributed by atoms with Crippen LogP contribution in [0.4, 0.5) is 10.6 Å². The molecule has 38 nitrogen and oxygen atoms in total. The first-order valence-electron chi connectivity index (χ1n) is 29.8. The van der Waals surface area contributed by atoms with Crippen LogP contribution >= 0.6 is 22.7 Å². The molecule has 2 fully saturated rings. The zero-order valence-corrected chi connectivity index (χ0v) is 55.3. The number of nitrogens with one attached hydrogen (secondary N) is 7. The van der Waals surface area contributed by atoms with Crippen molar-refractivity contribution in [3.05, 3.63) is 56.8 Å². The number of imidazole rings is 1. The molecule has 0 saturated carbocycles. The van der Waals surface area contributed by atoms with Gasteiger partial charge in [-0.2, -0.15) is 0 Å². The van der Waals surface area contributed by atoms with Crippen LogP contribution in [0.1, 0.15) is 88.8 Å². The van der Waals surface area contributed by atoms with Gasteiger partial charge in [-0.05, 0) is 31.7 Å². The predicted octanol–water partition coefficient (Wildman–Crippen LogP) is -7.70. The van der Waals surface area contributed by atoms with Crippen molar-refractivity contribution in [3.63, 3.8) is 0 Å². The van der Waals surface area contributed by atoms with Crippen LogP contribution in [0.25, 0.3) is 10.7 Å². The Morgan fingerprint density at radius 1 is 0.781 bits per heavy atom. The van der Waals surface area contributed by atoms with Crippen LogP contribution in [-0.2, 0) is 65.0 Å². The van der Waals surface area contributed by atoms with E-state index in [0.29, 0.717) is 22.3 Å². The second-order valence-electron chi connectivity index (χ2n) is 22.8. The summed E-state index contributed by atoms with van der Waals surface area (Å²) in [5, 5.41) is 108. The molecular formula is C55H84N17O21S3+. The van der Waals surface area contributed by atoms with Crippen LogP contribution in [-0.4, -0.2) is 267 Å². The minimum absolute atomic E-state index is 0.00196. The number of hydrogen-bond acceptors (Lipinski definition) is 31. The number of aliphatic hydroxyl groups excluding tert-OH is 8. The lowest BCUT2D eigenvalue weighted by atomic mass is 9.96. The molecule has 0 aliphatic carbocycles. The Morgan fingerprint density at radius 3 is 2.10 bits per heavy atom. The topological polar surface area (TPSA) is 627 Å². The van der Waals surface area contributed by atoms with Gasteiger partial charge in [-0.15, -0.1) is 22.7 Å². The lowest BCUT2D eigenvalue weighted by molar-refractivity contribution is -0.363. The third-order valence-corrected chi connectivity index (χ3v) is 18.2. The molecule has 532 valence electrons. The number of thiazole rings is 2. The molecule has 96 heavy (non-hydrogen) atoms. The highest BCUT2D eigenvalue weighted by molar-refractivity contribution is 7.95. The molecule has 6 heterocycles. The molecule has 19 unspecified atom stereocenters. The van der Waals surface area contributed by atoms with E-state index in [1.165, 1.54) is 50.4 Å². The lowest BCUT2D eigenvalue weighted by Gasteiger charge is -2.46. The number of hydrogen-bond donors (Lipinski definition) is 20. The SMILES string of the molecule is Cc1c(N)nc(C(CC(N)=O)NCC(N)C(N)=O)nc1C(=O)NC(C(=O)NC(C)C(O)C(C)C(=O)NC(C(=O)NCCc1nc(-c2nc(C(=O)NCCC[S+](C)C)cs2)cs1)C(C)O)C(OC1OC(CO)C(OC2OC(CO)C(O)C(OC(N)=O)C2O)C(O)C1O)c1cnc[nH]1. The maximum absolute atomic E-state index is 15.0. The van der Waals surface area contributed by atoms with Crippen molar-refractivity contribution in [2.45, 2.75) is 157 Å². The minimum Gasteiger partial charge on any atom is -0.441 e. The molecule has 2 saturated heterocycles. The van der Waals surface area contributed by atoms with Crippen molar-refractivity contribution < 1.29 is 103 Å². The van der Waals surface area contributed by atoms with Gasteiger partial charge < -0.3 is 130 Å². The third-order valence-electron chi connectivity index (χ3n) is 15.3. The monoisotopic (exact) mass is 1410 g/mol. The van der Waals surface area contributed by atoms with E-state index in [-0.39, 0.29) is 64.9 Å². The van der Waals surface area contributed by atoms with Crippen LogP contribution in [0.5, 0.6) is 0 Å². The van der Waals surface area contributed by atoms with Gasteiger partial charge in [0.25, 0.3) is 11.8 Å². The third kappa shape index (κ3) is 20.6. The molecule has 0 radical (unpaired) electrons. The summed E-state index contributed by atoms with van der Waals surface area (Å²) in [4.78, 5) is 130. The summed E-state index contributed by atoms with van der Waals surface area (Å²) < 4.78 is 28.2. The Kier molecular flexibility index (Phi) is 29.0.